The molecule has 0 unspecified atom stereocenters. The number of ether oxygens (including phenoxy) is 5. The summed E-state index contributed by atoms with van der Waals surface area (Å²) < 4.78 is 44.5. The highest BCUT2D eigenvalue weighted by atomic mass is 16.7. The second-order valence-electron chi connectivity index (χ2n) is 16.5. The topological polar surface area (TPSA) is 107 Å². The van der Waals surface area contributed by atoms with Crippen molar-refractivity contribution in [1.29, 1.82) is 0 Å². The van der Waals surface area contributed by atoms with Crippen molar-refractivity contribution in [3.8, 4) is 0 Å². The van der Waals surface area contributed by atoms with Crippen LogP contribution < -0.4 is 0 Å². The number of carbonyl (C=O) groups excluding carboxylic acids is 2. The molecule has 5 fully saturated rings. The van der Waals surface area contributed by atoms with Crippen molar-refractivity contribution < 1.29 is 42.1 Å². The van der Waals surface area contributed by atoms with Gasteiger partial charge in [0, 0.05) is 51.7 Å². The van der Waals surface area contributed by atoms with E-state index in [1.807, 2.05) is 12.3 Å². The van der Waals surface area contributed by atoms with Crippen LogP contribution in [0.1, 0.15) is 119 Å². The van der Waals surface area contributed by atoms with Gasteiger partial charge in [-0.15, -0.1) is 0 Å². The molecule has 8 aliphatic rings. The second kappa shape index (κ2) is 10.2. The molecule has 260 valence electrons. The average Bonchev–Trinajstić information content (AvgIpc) is 3.92. The first-order chi connectivity index (χ1) is 23.7. The fraction of sp³-hybridized carbons (Fsp3) is 0.650. The fourth-order valence-electron chi connectivity index (χ4n) is 13.1. The van der Waals surface area contributed by atoms with Gasteiger partial charge in [0.05, 0.1) is 44.0 Å². The predicted molar refractivity (Wildman–Crippen MR) is 174 cm³/mol. The molecular weight excluding hydrogens is 624 g/mol. The second-order valence-corrected chi connectivity index (χ2v) is 16.5. The van der Waals surface area contributed by atoms with Crippen molar-refractivity contribution in [2.45, 2.75) is 114 Å². The summed E-state index contributed by atoms with van der Waals surface area (Å²) in [7, 11) is 2.92. The van der Waals surface area contributed by atoms with Crippen LogP contribution in [0.2, 0.25) is 0 Å². The number of carbonyl (C=O) groups is 2. The minimum absolute atomic E-state index is 0.0187. The summed E-state index contributed by atoms with van der Waals surface area (Å²) in [5.74, 6) is 2.56. The molecule has 4 bridgehead atoms. The van der Waals surface area contributed by atoms with Gasteiger partial charge in [-0.25, -0.2) is 9.59 Å². The van der Waals surface area contributed by atoms with E-state index < -0.39 is 17.5 Å². The highest BCUT2D eigenvalue weighted by molar-refractivity contribution is 5.91. The number of allylic oxidation sites excluding steroid dienone is 2. The van der Waals surface area contributed by atoms with Crippen LogP contribution in [0.25, 0.3) is 0 Å². The lowest BCUT2D eigenvalue weighted by Crippen LogP contribution is -2.52. The van der Waals surface area contributed by atoms with Crippen LogP contribution in [0.3, 0.4) is 0 Å². The summed E-state index contributed by atoms with van der Waals surface area (Å²) in [5.41, 5.74) is 2.23. The summed E-state index contributed by atoms with van der Waals surface area (Å²) >= 11 is 0. The molecule has 49 heavy (non-hydrogen) atoms. The molecule has 2 spiro atoms. The van der Waals surface area contributed by atoms with Gasteiger partial charge in [-0.05, 0) is 81.8 Å². The van der Waals surface area contributed by atoms with Crippen LogP contribution in [0, 0.1) is 34.5 Å². The maximum absolute atomic E-state index is 13.0. The molecule has 5 heterocycles. The Labute approximate surface area is 286 Å². The molecule has 0 amide bonds. The fourth-order valence-corrected chi connectivity index (χ4v) is 13.1. The highest BCUT2D eigenvalue weighted by Crippen LogP contribution is 2.75. The maximum atomic E-state index is 13.0. The van der Waals surface area contributed by atoms with E-state index in [1.165, 1.54) is 14.2 Å². The predicted octanol–water partition coefficient (Wildman–Crippen LogP) is 7.63. The Balaban J connectivity index is 1.01. The number of rotatable bonds is 4. The lowest BCUT2D eigenvalue weighted by Gasteiger charge is -2.53. The van der Waals surface area contributed by atoms with Crippen molar-refractivity contribution in [1.82, 2.24) is 0 Å². The van der Waals surface area contributed by atoms with Crippen LogP contribution in [-0.2, 0) is 33.3 Å². The first-order valence-corrected chi connectivity index (χ1v) is 18.4. The van der Waals surface area contributed by atoms with Gasteiger partial charge in [-0.3, -0.25) is 0 Å². The van der Waals surface area contributed by atoms with E-state index in [9.17, 15) is 9.59 Å². The Bertz CT molecular complexity index is 1800. The zero-order chi connectivity index (χ0) is 33.5. The summed E-state index contributed by atoms with van der Waals surface area (Å²) in [5, 5.41) is 0. The van der Waals surface area contributed by atoms with Crippen LogP contribution in [-0.4, -0.2) is 43.7 Å². The van der Waals surface area contributed by atoms with Gasteiger partial charge in [0.25, 0.3) is 0 Å². The summed E-state index contributed by atoms with van der Waals surface area (Å²) in [4.78, 5) is 25.7. The molecule has 0 aromatic carbocycles. The lowest BCUT2D eigenvalue weighted by molar-refractivity contribution is -0.175. The first-order valence-electron chi connectivity index (χ1n) is 18.4. The minimum atomic E-state index is -0.635. The highest BCUT2D eigenvalue weighted by Gasteiger charge is 2.74. The Hall–Kier alpha value is -3.14. The molecular formula is C40H46O9. The number of furan rings is 2. The molecule has 9 nitrogen and oxygen atoms in total. The van der Waals surface area contributed by atoms with Crippen LogP contribution in [0.4, 0.5) is 0 Å². The number of esters is 2. The summed E-state index contributed by atoms with van der Waals surface area (Å²) in [6.07, 6.45) is 15.7. The van der Waals surface area contributed by atoms with Gasteiger partial charge in [-0.2, -0.15) is 0 Å². The van der Waals surface area contributed by atoms with Gasteiger partial charge in [-0.1, -0.05) is 26.0 Å². The smallest absolute Gasteiger partial charge is 0.336 e. The van der Waals surface area contributed by atoms with E-state index in [0.717, 1.165) is 86.0 Å². The van der Waals surface area contributed by atoms with Gasteiger partial charge >= 0.3 is 11.9 Å². The zero-order valence-electron chi connectivity index (χ0n) is 28.8. The SMILES string of the molecule is COC(=O)C1=CC[C@H]2[C@@]3(CC[C@@H](C)[C@]24C[C@@H](c2occc2[C@H]2C[C@@]56[C@H](O2)O[C@]2(CC[C@H]5C)C(C(=O)OC)=CCC[C@H]62)c2ccoc2[C@@H]4O3)C1. The van der Waals surface area contributed by atoms with E-state index in [1.54, 1.807) is 6.26 Å². The van der Waals surface area contributed by atoms with Crippen molar-refractivity contribution in [2.75, 3.05) is 14.2 Å². The number of methoxy groups -OCH3 is 2. The number of fused-ring (bicyclic) bond motifs is 2. The van der Waals surface area contributed by atoms with Crippen LogP contribution >= 0.6 is 0 Å². The van der Waals surface area contributed by atoms with Crippen molar-refractivity contribution in [2.24, 2.45) is 34.5 Å². The van der Waals surface area contributed by atoms with E-state index >= 15 is 0 Å². The van der Waals surface area contributed by atoms with E-state index in [4.69, 9.17) is 32.5 Å². The zero-order valence-corrected chi connectivity index (χ0v) is 28.8. The molecule has 3 aliphatic heterocycles. The summed E-state index contributed by atoms with van der Waals surface area (Å²) in [6, 6.07) is 4.20. The molecule has 2 aromatic heterocycles. The molecule has 5 aliphatic carbocycles. The molecule has 3 saturated heterocycles. The van der Waals surface area contributed by atoms with Gasteiger partial charge in [0.15, 0.2) is 6.29 Å². The van der Waals surface area contributed by atoms with Crippen LogP contribution in [0.5, 0.6) is 0 Å². The third-order valence-electron chi connectivity index (χ3n) is 15.2. The first kappa shape index (κ1) is 30.7. The van der Waals surface area contributed by atoms with Crippen molar-refractivity contribution >= 4 is 11.9 Å². The lowest BCUT2D eigenvalue weighted by atomic mass is 9.48. The molecule has 9 heteroatoms. The number of hydrogen-bond acceptors (Lipinski definition) is 9. The van der Waals surface area contributed by atoms with E-state index in [-0.39, 0.29) is 52.7 Å². The van der Waals surface area contributed by atoms with Crippen LogP contribution in [0.15, 0.2) is 56.8 Å². The minimum Gasteiger partial charge on any atom is -0.468 e. The summed E-state index contributed by atoms with van der Waals surface area (Å²) in [6.45, 7) is 4.73. The quantitative estimate of drug-likeness (QED) is 0.304. The number of hydrogen-bond donors (Lipinski definition) is 0. The van der Waals surface area contributed by atoms with E-state index in [2.05, 4.69) is 32.1 Å². The van der Waals surface area contributed by atoms with Gasteiger partial charge < -0.3 is 32.5 Å². The third-order valence-corrected chi connectivity index (χ3v) is 15.2. The molecule has 0 N–H and O–H groups in total. The molecule has 10 rings (SSSR count). The molecule has 2 saturated carbocycles. The van der Waals surface area contributed by atoms with E-state index in [0.29, 0.717) is 23.8 Å². The third kappa shape index (κ3) is 3.62. The Kier molecular flexibility index (Phi) is 6.40. The standard InChI is InChI=1S/C40H46O9/c1-21-10-14-37-18-23(34(41)43-3)8-9-29(37)38(21)19-26(24-12-16-46-32(24)33(38)48-37)31-25(13-17-45-31)28-20-39-22(2)11-15-40(49-36(39)47-28)27(35(42)44-4)6-5-7-30(39)40/h6,8,12-13,16-17,21-22,26,28-30,33,36H,5,7,9-11,14-15,18-20H2,1-4H3/t21-,22-,26-,28-,29+,30-,33+,36-,37-,38-,39-,40-/m1/s1. The monoisotopic (exact) mass is 670 g/mol. The Morgan fingerprint density at radius 1 is 0.816 bits per heavy atom. The normalized spacial score (nSPS) is 45.6. The van der Waals surface area contributed by atoms with Gasteiger partial charge in [0.1, 0.15) is 23.2 Å². The average molecular weight is 671 g/mol. The van der Waals surface area contributed by atoms with Crippen molar-refractivity contribution in [3.05, 3.63) is 70.6 Å². The maximum Gasteiger partial charge on any atom is 0.336 e. The Morgan fingerprint density at radius 3 is 2.39 bits per heavy atom. The largest absolute Gasteiger partial charge is 0.468 e. The van der Waals surface area contributed by atoms with Crippen molar-refractivity contribution in [3.63, 3.8) is 0 Å². The molecule has 2 aromatic rings. The molecule has 12 atom stereocenters. The Morgan fingerprint density at radius 2 is 1.57 bits per heavy atom. The molecule has 0 radical (unpaired) electrons. The van der Waals surface area contributed by atoms with Gasteiger partial charge in [0.2, 0.25) is 0 Å².